The van der Waals surface area contributed by atoms with Crippen molar-refractivity contribution in [2.45, 2.75) is 37.6 Å². The molecule has 0 unspecified atom stereocenters. The van der Waals surface area contributed by atoms with E-state index in [1.807, 2.05) is 24.3 Å². The average Bonchev–Trinajstić information content (AvgIpc) is 2.63. The maximum Gasteiger partial charge on any atom is 0.220 e. The van der Waals surface area contributed by atoms with Gasteiger partial charge in [-0.1, -0.05) is 18.2 Å². The number of nitrogens with zero attached hydrogens (tertiary/aromatic N) is 1. The lowest BCUT2D eigenvalue weighted by Crippen LogP contribution is -2.49. The summed E-state index contributed by atoms with van der Waals surface area (Å²) < 4.78 is 19.1. The monoisotopic (exact) mass is 342 g/mol. The van der Waals surface area contributed by atoms with Gasteiger partial charge in [-0.25, -0.2) is 4.39 Å². The van der Waals surface area contributed by atoms with E-state index in [2.05, 4.69) is 10.3 Å². The molecular formula is C20H23FN2O2. The molecule has 3 rings (SSSR count). The van der Waals surface area contributed by atoms with Gasteiger partial charge in [0.2, 0.25) is 5.91 Å². The molecule has 0 bridgehead atoms. The van der Waals surface area contributed by atoms with Crippen molar-refractivity contribution in [1.82, 2.24) is 10.3 Å². The second kappa shape index (κ2) is 8.21. The molecule has 0 saturated carbocycles. The van der Waals surface area contributed by atoms with E-state index in [0.717, 1.165) is 24.1 Å². The number of hydrogen-bond donors (Lipinski definition) is 1. The molecule has 1 aliphatic rings. The number of carbonyl (C=O) groups is 1. The summed E-state index contributed by atoms with van der Waals surface area (Å²) in [5.74, 6) is -0.296. The van der Waals surface area contributed by atoms with E-state index < -0.39 is 5.54 Å². The molecule has 132 valence electrons. The van der Waals surface area contributed by atoms with Crippen LogP contribution in [-0.2, 0) is 21.5 Å². The van der Waals surface area contributed by atoms with E-state index >= 15 is 0 Å². The van der Waals surface area contributed by atoms with Crippen LogP contribution in [0.25, 0.3) is 0 Å². The molecule has 4 nitrogen and oxygen atoms in total. The highest BCUT2D eigenvalue weighted by Crippen LogP contribution is 2.32. The van der Waals surface area contributed by atoms with Crippen LogP contribution in [0.3, 0.4) is 0 Å². The fourth-order valence-corrected chi connectivity index (χ4v) is 3.30. The van der Waals surface area contributed by atoms with E-state index in [1.165, 1.54) is 12.1 Å². The van der Waals surface area contributed by atoms with Gasteiger partial charge in [-0.05, 0) is 55.5 Å². The first kappa shape index (κ1) is 17.5. The van der Waals surface area contributed by atoms with Crippen molar-refractivity contribution in [3.63, 3.8) is 0 Å². The van der Waals surface area contributed by atoms with Gasteiger partial charge >= 0.3 is 0 Å². The lowest BCUT2D eigenvalue weighted by Gasteiger charge is -2.38. The Bertz CT molecular complexity index is 700. The van der Waals surface area contributed by atoms with Crippen molar-refractivity contribution >= 4 is 5.91 Å². The number of benzene rings is 1. The second-order valence-electron chi connectivity index (χ2n) is 6.43. The topological polar surface area (TPSA) is 51.2 Å². The van der Waals surface area contributed by atoms with Gasteiger partial charge in [0.1, 0.15) is 5.82 Å². The number of hydrogen-bond acceptors (Lipinski definition) is 3. The summed E-state index contributed by atoms with van der Waals surface area (Å²) in [6, 6.07) is 12.3. The van der Waals surface area contributed by atoms with Gasteiger partial charge in [0.05, 0.1) is 5.54 Å². The third-order valence-corrected chi connectivity index (χ3v) is 4.67. The molecule has 0 radical (unpaired) electrons. The Labute approximate surface area is 147 Å². The average molecular weight is 342 g/mol. The van der Waals surface area contributed by atoms with Gasteiger partial charge in [0.25, 0.3) is 0 Å². The van der Waals surface area contributed by atoms with Crippen LogP contribution in [0.15, 0.2) is 48.7 Å². The summed E-state index contributed by atoms with van der Waals surface area (Å²) in [6.45, 7) is 1.12. The van der Waals surface area contributed by atoms with E-state index in [0.29, 0.717) is 32.5 Å². The van der Waals surface area contributed by atoms with Crippen LogP contribution in [0.1, 0.15) is 36.9 Å². The summed E-state index contributed by atoms with van der Waals surface area (Å²) in [4.78, 5) is 16.8. The highest BCUT2D eigenvalue weighted by molar-refractivity contribution is 5.77. The minimum Gasteiger partial charge on any atom is -0.381 e. The van der Waals surface area contributed by atoms with Gasteiger partial charge in [-0.15, -0.1) is 0 Å². The first-order chi connectivity index (χ1) is 12.2. The Balaban J connectivity index is 1.63. The highest BCUT2D eigenvalue weighted by atomic mass is 19.1. The fraction of sp³-hybridized carbons (Fsp3) is 0.400. The highest BCUT2D eigenvalue weighted by Gasteiger charge is 2.36. The van der Waals surface area contributed by atoms with Crippen LogP contribution in [0.4, 0.5) is 4.39 Å². The first-order valence-electron chi connectivity index (χ1n) is 8.73. The molecule has 5 heteroatoms. The van der Waals surface area contributed by atoms with Crippen LogP contribution >= 0.6 is 0 Å². The number of aromatic nitrogens is 1. The molecular weight excluding hydrogens is 319 g/mol. The standard InChI is InChI=1S/C20H23FN2O2/c21-17-6-3-5-16(15-17)20(10-13-25-14-11-20)23-19(24)9-4-8-18-7-1-2-12-22-18/h1-3,5-7,12,15H,4,8-11,13-14H2,(H,23,24). The summed E-state index contributed by atoms with van der Waals surface area (Å²) >= 11 is 0. The molecule has 1 aromatic heterocycles. The zero-order chi connectivity index (χ0) is 17.5. The molecule has 1 amide bonds. The fourth-order valence-electron chi connectivity index (χ4n) is 3.30. The number of nitrogens with one attached hydrogen (secondary N) is 1. The van der Waals surface area contributed by atoms with Gasteiger partial charge in [-0.2, -0.15) is 0 Å². The van der Waals surface area contributed by atoms with E-state index in [4.69, 9.17) is 4.74 Å². The predicted octanol–water partition coefficient (Wildman–Crippen LogP) is 3.37. The van der Waals surface area contributed by atoms with E-state index in [1.54, 1.807) is 12.3 Å². The second-order valence-corrected chi connectivity index (χ2v) is 6.43. The predicted molar refractivity (Wildman–Crippen MR) is 93.4 cm³/mol. The van der Waals surface area contributed by atoms with Gasteiger partial charge in [0.15, 0.2) is 0 Å². The van der Waals surface area contributed by atoms with Crippen molar-refractivity contribution in [3.05, 3.63) is 65.7 Å². The molecule has 0 spiro atoms. The third-order valence-electron chi connectivity index (χ3n) is 4.67. The molecule has 1 aromatic carbocycles. The van der Waals surface area contributed by atoms with Gasteiger partial charge in [-0.3, -0.25) is 9.78 Å². The molecule has 1 aliphatic heterocycles. The molecule has 0 atom stereocenters. The Kier molecular flexibility index (Phi) is 5.76. The zero-order valence-corrected chi connectivity index (χ0v) is 14.2. The summed E-state index contributed by atoms with van der Waals surface area (Å²) in [6.07, 6.45) is 5.00. The largest absolute Gasteiger partial charge is 0.381 e. The number of amides is 1. The summed E-state index contributed by atoms with van der Waals surface area (Å²) in [5.41, 5.74) is 1.26. The van der Waals surface area contributed by atoms with Crippen molar-refractivity contribution in [2.24, 2.45) is 0 Å². The molecule has 2 aromatic rings. The molecule has 25 heavy (non-hydrogen) atoms. The number of ether oxygens (including phenoxy) is 1. The number of aryl methyl sites for hydroxylation is 1. The lowest BCUT2D eigenvalue weighted by atomic mass is 9.82. The van der Waals surface area contributed by atoms with Crippen LogP contribution in [0.2, 0.25) is 0 Å². The minimum absolute atomic E-state index is 0.0120. The number of rotatable bonds is 6. The van der Waals surface area contributed by atoms with Crippen LogP contribution in [0.5, 0.6) is 0 Å². The van der Waals surface area contributed by atoms with Crippen LogP contribution in [-0.4, -0.2) is 24.1 Å². The molecule has 2 heterocycles. The quantitative estimate of drug-likeness (QED) is 0.876. The Morgan fingerprint density at radius 2 is 2.04 bits per heavy atom. The smallest absolute Gasteiger partial charge is 0.220 e. The number of halogens is 1. The third kappa shape index (κ3) is 4.63. The Morgan fingerprint density at radius 3 is 2.76 bits per heavy atom. The zero-order valence-electron chi connectivity index (χ0n) is 14.2. The van der Waals surface area contributed by atoms with Crippen LogP contribution in [0, 0.1) is 5.82 Å². The first-order valence-corrected chi connectivity index (χ1v) is 8.73. The van der Waals surface area contributed by atoms with Crippen molar-refractivity contribution < 1.29 is 13.9 Å². The van der Waals surface area contributed by atoms with Crippen molar-refractivity contribution in [3.8, 4) is 0 Å². The number of carbonyl (C=O) groups excluding carboxylic acids is 1. The number of pyridine rings is 1. The Morgan fingerprint density at radius 1 is 1.20 bits per heavy atom. The van der Waals surface area contributed by atoms with Gasteiger partial charge in [0, 0.05) is 31.5 Å². The Hall–Kier alpha value is -2.27. The maximum absolute atomic E-state index is 13.7. The van der Waals surface area contributed by atoms with Crippen LogP contribution < -0.4 is 5.32 Å². The van der Waals surface area contributed by atoms with E-state index in [9.17, 15) is 9.18 Å². The molecule has 0 aliphatic carbocycles. The van der Waals surface area contributed by atoms with Gasteiger partial charge < -0.3 is 10.1 Å². The van der Waals surface area contributed by atoms with E-state index in [-0.39, 0.29) is 11.7 Å². The maximum atomic E-state index is 13.7. The van der Waals surface area contributed by atoms with Crippen molar-refractivity contribution in [1.29, 1.82) is 0 Å². The lowest BCUT2D eigenvalue weighted by molar-refractivity contribution is -0.124. The molecule has 1 saturated heterocycles. The molecule has 1 N–H and O–H groups in total. The van der Waals surface area contributed by atoms with Crippen molar-refractivity contribution in [2.75, 3.05) is 13.2 Å². The SMILES string of the molecule is O=C(CCCc1ccccn1)NC1(c2cccc(F)c2)CCOCC1. The normalized spacial score (nSPS) is 16.4. The minimum atomic E-state index is -0.539. The summed E-state index contributed by atoms with van der Waals surface area (Å²) in [7, 11) is 0. The summed E-state index contributed by atoms with van der Waals surface area (Å²) in [5, 5.41) is 3.16. The molecule has 1 fully saturated rings.